The summed E-state index contributed by atoms with van der Waals surface area (Å²) in [5.74, 6) is -4.67. The fourth-order valence-corrected chi connectivity index (χ4v) is 2.97. The van der Waals surface area contributed by atoms with E-state index in [0.29, 0.717) is 5.71 Å². The van der Waals surface area contributed by atoms with Crippen molar-refractivity contribution < 1.29 is 47.1 Å². The number of hydrogen-bond donors (Lipinski definition) is 4. The van der Waals surface area contributed by atoms with E-state index in [1.807, 2.05) is 0 Å². The third kappa shape index (κ3) is 8.83. The van der Waals surface area contributed by atoms with Gasteiger partial charge in [0, 0.05) is 22.9 Å². The van der Waals surface area contributed by atoms with Crippen LogP contribution in [-0.2, 0) is 30.6 Å². The zero-order valence-corrected chi connectivity index (χ0v) is 19.2. The van der Waals surface area contributed by atoms with Crippen LogP contribution in [0.3, 0.4) is 0 Å². The Morgan fingerprint density at radius 3 is 2.49 bits per heavy atom. The number of nitrogens with zero attached hydrogens (tertiary/aromatic N) is 3. The van der Waals surface area contributed by atoms with Gasteiger partial charge in [-0.25, -0.2) is 13.8 Å². The van der Waals surface area contributed by atoms with E-state index in [9.17, 15) is 23.2 Å². The highest BCUT2D eigenvalue weighted by Gasteiger charge is 2.27. The largest absolute Gasteiger partial charge is 0.481 e. The minimum Gasteiger partial charge on any atom is -0.481 e. The molecule has 12 nitrogen and oxygen atoms in total. The molecule has 1 aliphatic heterocycles. The van der Waals surface area contributed by atoms with Crippen molar-refractivity contribution in [3.05, 3.63) is 47.7 Å². The number of oxime groups is 1. The van der Waals surface area contributed by atoms with Crippen LogP contribution in [0.1, 0.15) is 28.9 Å². The summed E-state index contributed by atoms with van der Waals surface area (Å²) in [4.78, 5) is 40.7. The Balaban J connectivity index is 0.000000611. The Labute approximate surface area is 214 Å². The molecule has 0 atom stereocenters. The second-order valence-corrected chi connectivity index (χ2v) is 7.56. The minimum atomic E-state index is -2.65. The molecule has 2 heterocycles. The normalized spacial score (nSPS) is 13.5. The molecule has 1 aromatic heterocycles. The summed E-state index contributed by atoms with van der Waals surface area (Å²) in [5.41, 5.74) is 5.86. The van der Waals surface area contributed by atoms with E-state index in [1.54, 1.807) is 0 Å². The number of aromatic nitrogens is 1. The van der Waals surface area contributed by atoms with Crippen molar-refractivity contribution in [2.24, 2.45) is 10.9 Å². The van der Waals surface area contributed by atoms with E-state index in [1.165, 1.54) is 29.3 Å². The molecule has 1 fully saturated rings. The van der Waals surface area contributed by atoms with Crippen LogP contribution in [0.4, 0.5) is 14.6 Å². The van der Waals surface area contributed by atoms with Gasteiger partial charge in [-0.2, -0.15) is 0 Å². The lowest BCUT2D eigenvalue weighted by molar-refractivity contribution is -0.143. The molecule has 0 amide bonds. The van der Waals surface area contributed by atoms with Gasteiger partial charge in [-0.15, -0.1) is 0 Å². The second-order valence-electron chi connectivity index (χ2n) is 7.56. The maximum Gasteiger partial charge on any atom is 0.313 e. The van der Waals surface area contributed by atoms with Crippen LogP contribution in [0.25, 0.3) is 11.1 Å². The third-order valence-corrected chi connectivity index (χ3v) is 4.71. The minimum absolute atomic E-state index is 0.0105. The van der Waals surface area contributed by atoms with E-state index in [-0.39, 0.29) is 60.9 Å². The van der Waals surface area contributed by atoms with Crippen molar-refractivity contribution in [3.63, 3.8) is 0 Å². The number of nitrogens with one attached hydrogen (secondary N) is 1. The maximum atomic E-state index is 14.9. The van der Waals surface area contributed by atoms with Crippen molar-refractivity contribution in [2.75, 3.05) is 25.0 Å². The van der Waals surface area contributed by atoms with Crippen LogP contribution in [0, 0.1) is 17.0 Å². The zero-order chi connectivity index (χ0) is 30.0. The van der Waals surface area contributed by atoms with Gasteiger partial charge in [0.05, 0.1) is 35.8 Å². The number of benzene rings is 1. The van der Waals surface area contributed by atoms with E-state index in [0.717, 1.165) is 6.07 Å². The molecule has 1 aliphatic rings. The molecule has 0 bridgehead atoms. The first-order chi connectivity index (χ1) is 18.7. The van der Waals surface area contributed by atoms with Crippen LogP contribution < -0.4 is 10.6 Å². The summed E-state index contributed by atoms with van der Waals surface area (Å²) < 4.78 is 55.2. The van der Waals surface area contributed by atoms with Gasteiger partial charge in [0.2, 0.25) is 0 Å². The number of aliphatic carboxylic acids is 2. The summed E-state index contributed by atoms with van der Waals surface area (Å²) >= 11 is 0. The Morgan fingerprint density at radius 1 is 1.24 bits per heavy atom. The highest BCUT2D eigenvalue weighted by atomic mass is 19.1. The molecule has 1 aromatic carbocycles. The first kappa shape index (κ1) is 24.1. The quantitative estimate of drug-likeness (QED) is 0.155. The summed E-state index contributed by atoms with van der Waals surface area (Å²) in [6.07, 6.45) is 0.310. The molecule has 2 aromatic rings. The Morgan fingerprint density at radius 2 is 1.92 bits per heavy atom. The van der Waals surface area contributed by atoms with Crippen LogP contribution in [0.15, 0.2) is 35.6 Å². The summed E-state index contributed by atoms with van der Waals surface area (Å²) in [6, 6.07) is 5.51. The third-order valence-electron chi connectivity index (χ3n) is 4.71. The van der Waals surface area contributed by atoms with Gasteiger partial charge >= 0.3 is 17.9 Å². The van der Waals surface area contributed by atoms with Crippen molar-refractivity contribution >= 4 is 35.3 Å². The van der Waals surface area contributed by atoms with Gasteiger partial charge in [-0.05, 0) is 6.07 Å². The monoisotopic (exact) mass is 524 g/mol. The van der Waals surface area contributed by atoms with E-state index in [4.69, 9.17) is 30.2 Å². The van der Waals surface area contributed by atoms with Crippen LogP contribution >= 0.6 is 0 Å². The van der Waals surface area contributed by atoms with Crippen molar-refractivity contribution in [2.45, 2.75) is 25.9 Å². The van der Waals surface area contributed by atoms with E-state index >= 15 is 0 Å². The number of anilines is 1. The van der Waals surface area contributed by atoms with Crippen molar-refractivity contribution in [1.82, 2.24) is 4.98 Å². The Kier molecular flexibility index (Phi) is 8.77. The van der Waals surface area contributed by atoms with Gasteiger partial charge < -0.3 is 30.4 Å². The average Bonchev–Trinajstić information content (AvgIpc) is 2.81. The zero-order valence-electron chi connectivity index (χ0n) is 22.2. The van der Waals surface area contributed by atoms with Crippen LogP contribution in [-0.4, -0.2) is 64.8 Å². The topological polar surface area (TPSA) is 188 Å². The Bertz CT molecular complexity index is 1290. The first-order valence-electron chi connectivity index (χ1n) is 12.0. The van der Waals surface area contributed by atoms with E-state index < -0.39 is 43.0 Å². The fraction of sp³-hybridized carbons (Fsp3) is 0.304. The molecule has 0 unspecified atom stereocenters. The molecule has 5 N–H and O–H groups in total. The number of rotatable bonds is 10. The molecule has 0 aliphatic carbocycles. The molecule has 14 heteroatoms. The molecule has 37 heavy (non-hydrogen) atoms. The van der Waals surface area contributed by atoms with Gasteiger partial charge in [-0.1, -0.05) is 23.4 Å². The number of esters is 1. The second kappa shape index (κ2) is 13.5. The number of hydrogen-bond acceptors (Lipinski definition) is 9. The number of carboxylic acids is 2. The lowest BCUT2D eigenvalue weighted by Gasteiger charge is -2.33. The number of carbonyl (C=O) groups excluding carboxylic acids is 1. The molecule has 0 saturated carbocycles. The number of ether oxygens (including phenoxy) is 1. The fourth-order valence-electron chi connectivity index (χ4n) is 2.97. The molecule has 3 rings (SSSR count). The number of carbonyl (C=O) groups is 3. The van der Waals surface area contributed by atoms with Crippen molar-refractivity contribution in [3.8, 4) is 11.1 Å². The molecule has 0 radical (unpaired) electrons. The average molecular weight is 524 g/mol. The van der Waals surface area contributed by atoms with Crippen LogP contribution in [0.2, 0.25) is 0 Å². The van der Waals surface area contributed by atoms with Gasteiger partial charge in [0.1, 0.15) is 31.7 Å². The molecule has 0 spiro atoms. The Hall–Kier alpha value is -4.62. The number of carboxylic acid groups (broad SMARTS) is 2. The van der Waals surface area contributed by atoms with Gasteiger partial charge in [0.15, 0.2) is 11.6 Å². The maximum absolute atomic E-state index is 14.9. The lowest BCUT2D eigenvalue weighted by atomic mass is 10.0. The molecular formula is C23H25F2N5O7. The smallest absolute Gasteiger partial charge is 0.313 e. The van der Waals surface area contributed by atoms with Crippen molar-refractivity contribution in [1.29, 1.82) is 5.41 Å². The molecule has 198 valence electrons. The first-order valence-corrected chi connectivity index (χ1v) is 10.5. The number of halogens is 2. The predicted octanol–water partition coefficient (Wildman–Crippen LogP) is 2.15. The number of amidine groups is 1. The molecular weight excluding hydrogens is 496 g/mol. The van der Waals surface area contributed by atoms with Crippen LogP contribution in [0.5, 0.6) is 0 Å². The van der Waals surface area contributed by atoms with Gasteiger partial charge in [-0.3, -0.25) is 19.8 Å². The molecule has 1 saturated heterocycles. The van der Waals surface area contributed by atoms with Gasteiger partial charge in [0.25, 0.3) is 0 Å². The van der Waals surface area contributed by atoms with E-state index in [2.05, 4.69) is 15.0 Å². The predicted molar refractivity (Wildman–Crippen MR) is 127 cm³/mol. The SMILES string of the molecule is O=C(O)CCC(=O)O.[2H]C([2H])([2H])ON=C1CN(c2ncc(-c3cccc(COC(=O)CC(=N)N)c3F)cc2F)C1. The standard InChI is InChI=1S/C19H19F2N5O3.C4H6O4/c1-28-25-13-8-26(9-13)19-15(20)5-12(7-24-19)14-4-2-3-11(18(14)21)10-29-17(27)6-16(22)23;5-3(6)1-2-4(7)8/h2-5,7H,6,8-10H2,1H3,(H3,22,23);1-2H2,(H,5,6)(H,7,8)/i1D3;. The lowest BCUT2D eigenvalue weighted by Crippen LogP contribution is -2.48. The summed E-state index contributed by atoms with van der Waals surface area (Å²) in [6.45, 7) is -0.0718. The number of nitrogens with two attached hydrogens (primary N) is 1. The summed E-state index contributed by atoms with van der Waals surface area (Å²) in [5, 5.41) is 26.4. The number of pyridine rings is 1. The summed E-state index contributed by atoms with van der Waals surface area (Å²) in [7, 11) is -2.65. The highest BCUT2D eigenvalue weighted by molar-refractivity contribution is 5.99. The highest BCUT2D eigenvalue weighted by Crippen LogP contribution is 2.29.